The van der Waals surface area contributed by atoms with Gasteiger partial charge in [0.25, 0.3) is 0 Å². The van der Waals surface area contributed by atoms with Crippen LogP contribution in [0.2, 0.25) is 0 Å². The Morgan fingerprint density at radius 3 is 2.67 bits per heavy atom. The van der Waals surface area contributed by atoms with E-state index in [1.54, 1.807) is 0 Å². The van der Waals surface area contributed by atoms with Crippen molar-refractivity contribution in [1.82, 2.24) is 30.4 Å². The molecule has 2 amide bonds. The maximum Gasteiger partial charge on any atom is 0.319 e. The van der Waals surface area contributed by atoms with E-state index >= 15 is 0 Å². The molecule has 3 aromatic rings. The largest absolute Gasteiger partial charge is 0.492 e. The second kappa shape index (κ2) is 10.1. The summed E-state index contributed by atoms with van der Waals surface area (Å²) in [6, 6.07) is 9.10. The third-order valence-corrected chi connectivity index (χ3v) is 6.39. The Kier molecular flexibility index (Phi) is 6.99. The van der Waals surface area contributed by atoms with E-state index in [1.807, 2.05) is 38.1 Å². The van der Waals surface area contributed by atoms with Crippen molar-refractivity contribution in [3.63, 3.8) is 0 Å². The quantitative estimate of drug-likeness (QED) is 0.347. The predicted octanol–water partition coefficient (Wildman–Crippen LogP) is 3.63. The van der Waals surface area contributed by atoms with Gasteiger partial charge in [-0.15, -0.1) is 5.10 Å². The predicted molar refractivity (Wildman–Crippen MR) is 128 cm³/mol. The van der Waals surface area contributed by atoms with E-state index < -0.39 is 0 Å². The summed E-state index contributed by atoms with van der Waals surface area (Å²) in [4.78, 5) is 24.7. The molecular formula is C22H28N8O2S. The van der Waals surface area contributed by atoms with Gasteiger partial charge in [0.1, 0.15) is 11.6 Å². The van der Waals surface area contributed by atoms with Crippen LogP contribution >= 0.6 is 11.8 Å². The standard InChI is InChI=1S/C22H28N8O2S/c1-13-10-16(25-21(32)24-15-6-8-30(3)9-7-15)4-5-17(13)33-22-23-14(2)11-18(27-22)26-19-12-20(31)29-28-19/h4-5,10-12,15H,6-9H2,1-3H3,(H2,24,25,32)(H3,23,26,27,28,29,31). The number of likely N-dealkylation sites (tertiary alicyclic amines) is 1. The molecule has 0 aliphatic carbocycles. The van der Waals surface area contributed by atoms with Crippen molar-refractivity contribution in [3.8, 4) is 5.88 Å². The molecule has 0 spiro atoms. The number of nitrogens with one attached hydrogen (secondary N) is 4. The molecule has 1 saturated heterocycles. The van der Waals surface area contributed by atoms with E-state index in [0.717, 1.165) is 47.8 Å². The van der Waals surface area contributed by atoms with Crippen molar-refractivity contribution in [2.24, 2.45) is 0 Å². The minimum absolute atomic E-state index is 0.0952. The van der Waals surface area contributed by atoms with Crippen molar-refractivity contribution in [2.75, 3.05) is 30.8 Å². The van der Waals surface area contributed by atoms with Crippen molar-refractivity contribution in [3.05, 3.63) is 41.6 Å². The Morgan fingerprint density at radius 2 is 1.97 bits per heavy atom. The number of piperidine rings is 1. The normalized spacial score (nSPS) is 14.8. The lowest BCUT2D eigenvalue weighted by Gasteiger charge is -2.29. The van der Waals surface area contributed by atoms with Gasteiger partial charge in [-0.05, 0) is 82.4 Å². The second-order valence-electron chi connectivity index (χ2n) is 8.20. The van der Waals surface area contributed by atoms with Crippen LogP contribution in [0, 0.1) is 13.8 Å². The van der Waals surface area contributed by atoms with Gasteiger partial charge in [0.05, 0.1) is 0 Å². The van der Waals surface area contributed by atoms with Crippen LogP contribution in [0.3, 0.4) is 0 Å². The van der Waals surface area contributed by atoms with Crippen molar-refractivity contribution < 1.29 is 9.90 Å². The summed E-state index contributed by atoms with van der Waals surface area (Å²) >= 11 is 1.44. The number of aryl methyl sites for hydroxylation is 2. The first-order valence-electron chi connectivity index (χ1n) is 10.8. The third-order valence-electron chi connectivity index (χ3n) is 5.35. The fourth-order valence-corrected chi connectivity index (χ4v) is 4.50. The highest BCUT2D eigenvalue weighted by Gasteiger charge is 2.18. The number of aromatic amines is 1. The maximum absolute atomic E-state index is 12.4. The van der Waals surface area contributed by atoms with E-state index in [9.17, 15) is 9.90 Å². The number of nitrogens with zero attached hydrogens (tertiary/aromatic N) is 4. The molecule has 3 heterocycles. The maximum atomic E-state index is 12.4. The molecule has 1 aliphatic rings. The van der Waals surface area contributed by atoms with E-state index in [-0.39, 0.29) is 18.0 Å². The summed E-state index contributed by atoms with van der Waals surface area (Å²) in [5, 5.41) is 25.4. The Bertz CT molecular complexity index is 1130. The van der Waals surface area contributed by atoms with Gasteiger partial charge in [0.15, 0.2) is 5.16 Å². The molecule has 11 heteroatoms. The number of aromatic hydroxyl groups is 1. The first-order valence-corrected chi connectivity index (χ1v) is 11.6. The number of urea groups is 1. The highest BCUT2D eigenvalue weighted by atomic mass is 32.2. The molecular weight excluding hydrogens is 440 g/mol. The van der Waals surface area contributed by atoms with E-state index in [1.165, 1.54) is 17.8 Å². The monoisotopic (exact) mass is 468 g/mol. The number of benzene rings is 1. The average molecular weight is 469 g/mol. The lowest BCUT2D eigenvalue weighted by atomic mass is 10.1. The summed E-state index contributed by atoms with van der Waals surface area (Å²) in [7, 11) is 2.10. The first-order chi connectivity index (χ1) is 15.8. The van der Waals surface area contributed by atoms with Gasteiger partial charge in [-0.2, -0.15) is 0 Å². The van der Waals surface area contributed by atoms with Crippen LogP contribution in [0.4, 0.5) is 22.1 Å². The zero-order chi connectivity index (χ0) is 23.4. The molecule has 1 aliphatic heterocycles. The zero-order valence-corrected chi connectivity index (χ0v) is 19.7. The van der Waals surface area contributed by atoms with Crippen LogP contribution in [0.25, 0.3) is 0 Å². The molecule has 4 rings (SSSR count). The molecule has 1 fully saturated rings. The van der Waals surface area contributed by atoms with Gasteiger partial charge < -0.3 is 26.0 Å². The van der Waals surface area contributed by atoms with Crippen LogP contribution in [-0.4, -0.2) is 62.4 Å². The minimum Gasteiger partial charge on any atom is -0.492 e. The van der Waals surface area contributed by atoms with Gasteiger partial charge in [-0.25, -0.2) is 14.8 Å². The molecule has 0 atom stereocenters. The SMILES string of the molecule is Cc1cc(Nc2cc(O)n[nH]2)nc(Sc2ccc(NC(=O)NC3CCN(C)CC3)cc2C)n1. The molecule has 2 aromatic heterocycles. The zero-order valence-electron chi connectivity index (χ0n) is 18.8. The second-order valence-corrected chi connectivity index (χ2v) is 9.21. The molecule has 0 unspecified atom stereocenters. The minimum atomic E-state index is -0.174. The van der Waals surface area contributed by atoms with Crippen LogP contribution in [0.15, 0.2) is 40.4 Å². The van der Waals surface area contributed by atoms with Gasteiger partial charge in [-0.3, -0.25) is 5.10 Å². The number of hydrogen-bond donors (Lipinski definition) is 5. The number of hydrogen-bond acceptors (Lipinski definition) is 8. The van der Waals surface area contributed by atoms with E-state index in [4.69, 9.17) is 0 Å². The number of amides is 2. The Balaban J connectivity index is 1.38. The number of carbonyl (C=O) groups excluding carboxylic acids is 1. The topological polar surface area (TPSA) is 131 Å². The summed E-state index contributed by atoms with van der Waals surface area (Å²) in [5.41, 5.74) is 2.56. The van der Waals surface area contributed by atoms with Gasteiger partial charge in [0.2, 0.25) is 5.88 Å². The molecule has 0 radical (unpaired) electrons. The van der Waals surface area contributed by atoms with Gasteiger partial charge in [0, 0.05) is 34.5 Å². The number of rotatable bonds is 6. The summed E-state index contributed by atoms with van der Waals surface area (Å²) in [6.45, 7) is 5.88. The number of H-pyrrole nitrogens is 1. The fraction of sp³-hybridized carbons (Fsp3) is 0.364. The van der Waals surface area contributed by atoms with Crippen LogP contribution in [0.1, 0.15) is 24.1 Å². The number of anilines is 3. The number of aromatic nitrogens is 4. The summed E-state index contributed by atoms with van der Waals surface area (Å²) in [6.07, 6.45) is 1.93. The van der Waals surface area contributed by atoms with E-state index in [2.05, 4.69) is 48.1 Å². The van der Waals surface area contributed by atoms with Crippen LogP contribution < -0.4 is 16.0 Å². The first kappa shape index (κ1) is 22.9. The lowest BCUT2D eigenvalue weighted by molar-refractivity contribution is 0.221. The van der Waals surface area contributed by atoms with E-state index in [0.29, 0.717) is 16.8 Å². The molecule has 0 bridgehead atoms. The summed E-state index contributed by atoms with van der Waals surface area (Å²) < 4.78 is 0. The highest BCUT2D eigenvalue weighted by molar-refractivity contribution is 7.99. The van der Waals surface area contributed by atoms with Gasteiger partial charge >= 0.3 is 6.03 Å². The molecule has 0 saturated carbocycles. The molecule has 174 valence electrons. The Labute approximate surface area is 196 Å². The Hall–Kier alpha value is -3.31. The molecule has 5 N–H and O–H groups in total. The van der Waals surface area contributed by atoms with Crippen molar-refractivity contribution in [1.29, 1.82) is 0 Å². The Morgan fingerprint density at radius 1 is 1.18 bits per heavy atom. The van der Waals surface area contributed by atoms with Crippen molar-refractivity contribution >= 4 is 35.1 Å². The average Bonchev–Trinajstić information content (AvgIpc) is 3.16. The fourth-order valence-electron chi connectivity index (χ4n) is 3.61. The number of carbonyl (C=O) groups is 1. The molecule has 1 aromatic carbocycles. The van der Waals surface area contributed by atoms with Crippen LogP contribution in [0.5, 0.6) is 5.88 Å². The van der Waals surface area contributed by atoms with Crippen molar-refractivity contribution in [2.45, 2.75) is 42.8 Å². The van der Waals surface area contributed by atoms with Gasteiger partial charge in [-0.1, -0.05) is 0 Å². The smallest absolute Gasteiger partial charge is 0.319 e. The lowest BCUT2D eigenvalue weighted by Crippen LogP contribution is -2.44. The third kappa shape index (κ3) is 6.36. The summed E-state index contributed by atoms with van der Waals surface area (Å²) in [5.74, 6) is 1.03. The highest BCUT2D eigenvalue weighted by Crippen LogP contribution is 2.31. The van der Waals surface area contributed by atoms with Crippen LogP contribution in [-0.2, 0) is 0 Å². The molecule has 33 heavy (non-hydrogen) atoms. The molecule has 10 nitrogen and oxygen atoms in total.